The summed E-state index contributed by atoms with van der Waals surface area (Å²) < 4.78 is 4.93. The quantitative estimate of drug-likeness (QED) is 0.255. The molecule has 27 heavy (non-hydrogen) atoms. The minimum atomic E-state index is -0.407. The fourth-order valence-corrected chi connectivity index (χ4v) is 3.90. The number of esters is 1. The van der Waals surface area contributed by atoms with Crippen molar-refractivity contribution in [2.75, 3.05) is 6.61 Å². The van der Waals surface area contributed by atoms with Crippen molar-refractivity contribution in [3.63, 3.8) is 0 Å². The van der Waals surface area contributed by atoms with E-state index in [9.17, 15) is 14.7 Å². The number of aliphatic hydroxyl groups is 1. The third-order valence-corrected chi connectivity index (χ3v) is 5.76. The van der Waals surface area contributed by atoms with Gasteiger partial charge in [-0.2, -0.15) is 0 Å². The zero-order chi connectivity index (χ0) is 20.1. The number of hydrogen-bond donors (Lipinski definition) is 1. The molecule has 1 N–H and O–H groups in total. The third kappa shape index (κ3) is 9.55. The lowest BCUT2D eigenvalue weighted by molar-refractivity contribution is -0.143. The van der Waals surface area contributed by atoms with Gasteiger partial charge in [-0.05, 0) is 44.4 Å². The van der Waals surface area contributed by atoms with E-state index in [1.165, 1.54) is 0 Å². The molecule has 0 heterocycles. The molecule has 1 saturated carbocycles. The van der Waals surface area contributed by atoms with Crippen molar-refractivity contribution in [2.45, 2.75) is 97.5 Å². The maximum atomic E-state index is 12.2. The van der Waals surface area contributed by atoms with Gasteiger partial charge in [0.15, 0.2) is 0 Å². The molecule has 4 heteroatoms. The molecule has 4 atom stereocenters. The van der Waals surface area contributed by atoms with Crippen LogP contribution in [0, 0.1) is 17.8 Å². The second-order valence-electron chi connectivity index (χ2n) is 8.03. The van der Waals surface area contributed by atoms with Crippen molar-refractivity contribution in [1.82, 2.24) is 0 Å². The van der Waals surface area contributed by atoms with E-state index < -0.39 is 6.10 Å². The van der Waals surface area contributed by atoms with E-state index in [0.717, 1.165) is 57.8 Å². The number of unbranched alkanes of at least 4 members (excludes halogenated alkanes) is 4. The molecule has 4 nitrogen and oxygen atoms in total. The average Bonchev–Trinajstić information content (AvgIpc) is 3.00. The molecule has 156 valence electrons. The van der Waals surface area contributed by atoms with E-state index in [0.29, 0.717) is 25.2 Å². The van der Waals surface area contributed by atoms with Gasteiger partial charge in [0.25, 0.3) is 0 Å². The summed E-state index contributed by atoms with van der Waals surface area (Å²) in [6.45, 7) is 6.54. The van der Waals surface area contributed by atoms with Crippen LogP contribution in [0.3, 0.4) is 0 Å². The number of ether oxygens (including phenoxy) is 1. The Labute approximate surface area is 165 Å². The van der Waals surface area contributed by atoms with E-state index in [4.69, 9.17) is 4.74 Å². The van der Waals surface area contributed by atoms with Crippen LogP contribution in [0.1, 0.15) is 91.4 Å². The Kier molecular flexibility index (Phi) is 12.3. The van der Waals surface area contributed by atoms with E-state index in [1.807, 2.05) is 13.0 Å². The molecular weight excluding hydrogens is 340 g/mol. The van der Waals surface area contributed by atoms with Gasteiger partial charge in [-0.3, -0.25) is 9.59 Å². The fraction of sp³-hybridized carbons (Fsp3) is 0.826. The molecule has 2 unspecified atom stereocenters. The molecule has 0 aromatic heterocycles. The zero-order valence-electron chi connectivity index (χ0n) is 17.6. The summed E-state index contributed by atoms with van der Waals surface area (Å²) in [5.74, 6) is 0.941. The van der Waals surface area contributed by atoms with Crippen molar-refractivity contribution in [1.29, 1.82) is 0 Å². The minimum Gasteiger partial charge on any atom is -0.466 e. The molecule has 0 aromatic carbocycles. The highest BCUT2D eigenvalue weighted by Crippen LogP contribution is 2.34. The van der Waals surface area contributed by atoms with Crippen LogP contribution in [0.15, 0.2) is 12.2 Å². The number of aliphatic hydroxyl groups excluding tert-OH is 1. The molecule has 0 amide bonds. The van der Waals surface area contributed by atoms with Crippen molar-refractivity contribution < 1.29 is 19.4 Å². The van der Waals surface area contributed by atoms with Gasteiger partial charge in [-0.1, -0.05) is 58.1 Å². The molecule has 0 spiro atoms. The molecule has 0 saturated heterocycles. The lowest BCUT2D eigenvalue weighted by Crippen LogP contribution is -2.17. The summed E-state index contributed by atoms with van der Waals surface area (Å²) in [4.78, 5) is 23.5. The smallest absolute Gasteiger partial charge is 0.305 e. The first-order chi connectivity index (χ1) is 13.0. The van der Waals surface area contributed by atoms with Gasteiger partial charge in [-0.25, -0.2) is 0 Å². The number of ketones is 1. The maximum Gasteiger partial charge on any atom is 0.305 e. The van der Waals surface area contributed by atoms with E-state index >= 15 is 0 Å². The lowest BCUT2D eigenvalue weighted by Gasteiger charge is -2.18. The molecule has 0 bridgehead atoms. The summed E-state index contributed by atoms with van der Waals surface area (Å²) in [7, 11) is 0. The summed E-state index contributed by atoms with van der Waals surface area (Å²) in [5.41, 5.74) is 0. The largest absolute Gasteiger partial charge is 0.466 e. The molecule has 1 rings (SSSR count). The number of hydrogen-bond acceptors (Lipinski definition) is 4. The summed E-state index contributed by atoms with van der Waals surface area (Å²) in [6.07, 6.45) is 13.9. The van der Waals surface area contributed by atoms with Gasteiger partial charge >= 0.3 is 5.97 Å². The monoisotopic (exact) mass is 380 g/mol. The van der Waals surface area contributed by atoms with Gasteiger partial charge in [0.05, 0.1) is 12.7 Å². The normalized spacial score (nSPS) is 22.3. The van der Waals surface area contributed by atoms with Crippen LogP contribution in [0.2, 0.25) is 0 Å². The van der Waals surface area contributed by atoms with Gasteiger partial charge < -0.3 is 9.84 Å². The first-order valence-corrected chi connectivity index (χ1v) is 11.0. The highest BCUT2D eigenvalue weighted by Gasteiger charge is 2.32. The van der Waals surface area contributed by atoms with E-state index in [1.54, 1.807) is 0 Å². The van der Waals surface area contributed by atoms with Gasteiger partial charge in [0.2, 0.25) is 0 Å². The maximum absolute atomic E-state index is 12.2. The predicted molar refractivity (Wildman–Crippen MR) is 109 cm³/mol. The molecule has 0 radical (unpaired) electrons. The summed E-state index contributed by atoms with van der Waals surface area (Å²) >= 11 is 0. The van der Waals surface area contributed by atoms with Crippen molar-refractivity contribution in [2.24, 2.45) is 17.8 Å². The lowest BCUT2D eigenvalue weighted by atomic mass is 9.88. The molecule has 1 aliphatic rings. The molecule has 0 aliphatic heterocycles. The van der Waals surface area contributed by atoms with Gasteiger partial charge in [-0.15, -0.1) is 0 Å². The SMILES string of the molecule is CCCCC(C)[C@H](O)/C=C/C1CCC(=O)[C@@H]1CCCCCCC(=O)OCC. The molecule has 0 aromatic rings. The van der Waals surface area contributed by atoms with Crippen LogP contribution >= 0.6 is 0 Å². The Hall–Kier alpha value is -1.16. The Balaban J connectivity index is 2.31. The summed E-state index contributed by atoms with van der Waals surface area (Å²) in [6, 6.07) is 0. The van der Waals surface area contributed by atoms with Crippen molar-refractivity contribution in [3.05, 3.63) is 12.2 Å². The van der Waals surface area contributed by atoms with Crippen LogP contribution in [0.25, 0.3) is 0 Å². The number of Topliss-reactive ketones (excluding diaryl/α,β-unsaturated/α-hetero) is 1. The third-order valence-electron chi connectivity index (χ3n) is 5.76. The van der Waals surface area contributed by atoms with E-state index in [-0.39, 0.29) is 23.7 Å². The van der Waals surface area contributed by atoms with Crippen LogP contribution in [-0.4, -0.2) is 29.6 Å². The first-order valence-electron chi connectivity index (χ1n) is 11.0. The van der Waals surface area contributed by atoms with Crippen molar-refractivity contribution in [3.8, 4) is 0 Å². The van der Waals surface area contributed by atoms with Crippen LogP contribution in [-0.2, 0) is 14.3 Å². The second kappa shape index (κ2) is 13.9. The average molecular weight is 381 g/mol. The number of carbonyl (C=O) groups is 2. The van der Waals surface area contributed by atoms with Gasteiger partial charge in [0, 0.05) is 18.8 Å². The Morgan fingerprint density at radius 3 is 2.67 bits per heavy atom. The predicted octanol–water partition coefficient (Wildman–Crippen LogP) is 5.23. The Morgan fingerprint density at radius 1 is 1.22 bits per heavy atom. The standard InChI is InChI=1S/C23H40O4/c1-4-6-11-18(3)21(24)16-14-19-15-17-22(25)20(19)12-9-7-8-10-13-23(26)27-5-2/h14,16,18-21,24H,4-13,15,17H2,1-3H3/b16-14+/t18?,19?,20-,21-/m1/s1. The van der Waals surface area contributed by atoms with Crippen molar-refractivity contribution >= 4 is 11.8 Å². The van der Waals surface area contributed by atoms with Crippen LogP contribution in [0.5, 0.6) is 0 Å². The van der Waals surface area contributed by atoms with Gasteiger partial charge in [0.1, 0.15) is 5.78 Å². The highest BCUT2D eigenvalue weighted by molar-refractivity contribution is 5.83. The van der Waals surface area contributed by atoms with E-state index in [2.05, 4.69) is 19.9 Å². The van der Waals surface area contributed by atoms with Crippen LogP contribution < -0.4 is 0 Å². The summed E-state index contributed by atoms with van der Waals surface area (Å²) in [5, 5.41) is 10.3. The molecule has 1 aliphatic carbocycles. The minimum absolute atomic E-state index is 0.111. The fourth-order valence-electron chi connectivity index (χ4n) is 3.90. The Morgan fingerprint density at radius 2 is 1.96 bits per heavy atom. The molecule has 1 fully saturated rings. The second-order valence-corrected chi connectivity index (χ2v) is 8.03. The number of allylic oxidation sites excluding steroid dienone is 1. The first kappa shape index (κ1) is 23.9. The topological polar surface area (TPSA) is 63.6 Å². The highest BCUT2D eigenvalue weighted by atomic mass is 16.5. The van der Waals surface area contributed by atoms with Crippen LogP contribution in [0.4, 0.5) is 0 Å². The number of rotatable bonds is 14. The number of carbonyl (C=O) groups excluding carboxylic acids is 2. The zero-order valence-corrected chi connectivity index (χ0v) is 17.6. The molecular formula is C23H40O4. The Bertz CT molecular complexity index is 457.